The Morgan fingerprint density at radius 3 is 1.01 bits per heavy atom. The molecule has 19 amide bonds. The minimum atomic E-state index is -2.11. The molecule has 0 bridgehead atoms. The molecular weight excluding hydrogens is 1940 g/mol. The van der Waals surface area contributed by atoms with Crippen molar-refractivity contribution >= 4 is 148 Å². The highest BCUT2D eigenvalue weighted by Crippen LogP contribution is 2.19. The third kappa shape index (κ3) is 49.3. The highest BCUT2D eigenvalue weighted by molar-refractivity contribution is 6.03. The summed E-state index contributed by atoms with van der Waals surface area (Å²) in [5.41, 5.74) is 28.2. The summed E-state index contributed by atoms with van der Waals surface area (Å²) in [6.45, 7) is 17.2. The first kappa shape index (κ1) is 131. The Morgan fingerprint density at radius 1 is 0.333 bits per heavy atom. The second-order valence-electron chi connectivity index (χ2n) is 36.8. The van der Waals surface area contributed by atoms with Gasteiger partial charge in [0, 0.05) is 38.6 Å². The molecule has 1 aromatic rings. The third-order valence-electron chi connectivity index (χ3n) is 23.2. The highest BCUT2D eigenvalue weighted by Gasteiger charge is 2.43. The zero-order valence-corrected chi connectivity index (χ0v) is 84.6. The van der Waals surface area contributed by atoms with Crippen LogP contribution in [0.5, 0.6) is 0 Å². The molecule has 1 rings (SSSR count). The number of carbonyl (C=O) groups is 24. The number of primary amides is 2. The normalized spacial score (nSPS) is 15.7. The summed E-state index contributed by atoms with van der Waals surface area (Å²) >= 11 is 0. The number of unbranched alkanes of at least 4 members (excludes halogenated alkanes) is 1. The topological polar surface area (TPSA) is 942 Å². The van der Waals surface area contributed by atoms with Gasteiger partial charge in [0.15, 0.2) is 5.96 Å². The SMILES string of the molecule is CC[C@H](C)[C@H](NC(=O)[C@H](CCC(=O)O)NC(=O)[C@H](CCC(=O)O)NC(=O)[C@@H](NC(=O)[C@H](CCCCN)NC(=O)[C@@H](NC(=O)[C@H](CC(N)=O)NC(=O)[C@@H](N)[C@@H](C)O)[C@@H](C)CC)[C@@H](C)O)C(=O)N[C@@H](CO)C(=O)N[C@@H](CCC(=O)O)C(=O)N[C@H](C(=O)N[C@@H](CC(N)=O)C(=O)N[C@@H](CC(C)C)C(=O)N[C@H](C(=O)N[C@@H](C)C(=O)N[C@@H](CCC(=O)O)C(=O)N[C@@H](Cc1ccccc1)C(=O)N[C@@H](CCCNC(=N)N)C(=O)O)C(C)C)C(C)C. The minimum absolute atomic E-state index is 0.00461. The Morgan fingerprint density at radius 2 is 0.639 bits per heavy atom. The van der Waals surface area contributed by atoms with Crippen molar-refractivity contribution in [2.24, 2.45) is 58.3 Å². The fourth-order valence-electron chi connectivity index (χ4n) is 14.2. The van der Waals surface area contributed by atoms with Crippen LogP contribution in [0.3, 0.4) is 0 Å². The van der Waals surface area contributed by atoms with Gasteiger partial charge in [-0.1, -0.05) is 112 Å². The smallest absolute Gasteiger partial charge is 0.326 e. The molecule has 0 spiro atoms. The van der Waals surface area contributed by atoms with Crippen molar-refractivity contribution in [1.82, 2.24) is 95.7 Å². The maximum atomic E-state index is 14.5. The molecule has 56 heteroatoms. The van der Waals surface area contributed by atoms with Crippen molar-refractivity contribution < 1.29 is 156 Å². The molecule has 0 radical (unpaired) electrons. The largest absolute Gasteiger partial charge is 0.481 e. The van der Waals surface area contributed by atoms with Crippen LogP contribution in [-0.4, -0.2) is 330 Å². The quantitative estimate of drug-likeness (QED) is 0.0164. The summed E-state index contributed by atoms with van der Waals surface area (Å²) in [6, 6.07) is -23.6. The number of aliphatic carboxylic acids is 5. The maximum Gasteiger partial charge on any atom is 0.326 e. The van der Waals surface area contributed by atoms with Crippen molar-refractivity contribution in [2.75, 3.05) is 19.7 Å². The number of nitrogens with two attached hydrogens (primary N) is 5. The number of guanidine groups is 1. The lowest BCUT2D eigenvalue weighted by Crippen LogP contribution is -2.63. The molecule has 0 aliphatic carbocycles. The van der Waals surface area contributed by atoms with Crippen molar-refractivity contribution in [3.8, 4) is 0 Å². The number of carboxylic acid groups (broad SMARTS) is 5. The fraction of sp³-hybridized carbons (Fsp3) is 0.659. The minimum Gasteiger partial charge on any atom is -0.481 e. The summed E-state index contributed by atoms with van der Waals surface area (Å²) in [4.78, 5) is 326. The Labute approximate surface area is 848 Å². The number of carboxylic acids is 5. The molecule has 1 aromatic carbocycles. The van der Waals surface area contributed by atoms with Gasteiger partial charge in [-0.3, -0.25) is 116 Å². The van der Waals surface area contributed by atoms with E-state index in [9.17, 15) is 156 Å². The molecule has 0 unspecified atom stereocenters. The van der Waals surface area contributed by atoms with Gasteiger partial charge >= 0.3 is 29.8 Å². The Kier molecular flexibility index (Phi) is 59.1. The first-order valence-electron chi connectivity index (χ1n) is 48.0. The number of aliphatic hydroxyl groups is 3. The molecule has 826 valence electrons. The molecule has 56 nitrogen and oxygen atoms in total. The number of rotatable bonds is 72. The van der Waals surface area contributed by atoms with Crippen molar-refractivity contribution in [3.05, 3.63) is 35.9 Å². The van der Waals surface area contributed by atoms with E-state index in [1.54, 1.807) is 51.1 Å². The predicted octanol–water partition coefficient (Wildman–Crippen LogP) is -9.29. The highest BCUT2D eigenvalue weighted by atomic mass is 16.4. The predicted molar refractivity (Wildman–Crippen MR) is 520 cm³/mol. The zero-order chi connectivity index (χ0) is 112. The maximum absolute atomic E-state index is 14.5. The van der Waals surface area contributed by atoms with Crippen LogP contribution in [0.1, 0.15) is 211 Å². The first-order valence-corrected chi connectivity index (χ1v) is 48.0. The van der Waals surface area contributed by atoms with Gasteiger partial charge < -0.3 is 165 Å². The Balaban J connectivity index is 3.68. The monoisotopic (exact) mass is 2090 g/mol. The van der Waals surface area contributed by atoms with Crippen LogP contribution >= 0.6 is 0 Å². The number of aliphatic hydroxyl groups excluding tert-OH is 3. The van der Waals surface area contributed by atoms with Gasteiger partial charge in [0.2, 0.25) is 112 Å². The number of amides is 19. The van der Waals surface area contributed by atoms with Crippen LogP contribution in [0.15, 0.2) is 30.3 Å². The van der Waals surface area contributed by atoms with Gasteiger partial charge in [0.05, 0.1) is 31.7 Å². The lowest BCUT2D eigenvalue weighted by Gasteiger charge is -2.30. The molecule has 0 fully saturated rings. The molecule has 0 aliphatic heterocycles. The van der Waals surface area contributed by atoms with Gasteiger partial charge in [-0.05, 0) is 127 Å². The molecule has 22 atom stereocenters. The lowest BCUT2D eigenvalue weighted by atomic mass is 9.96. The molecule has 37 N–H and O–H groups in total. The second kappa shape index (κ2) is 66.6. The Bertz CT molecular complexity index is 4680. The van der Waals surface area contributed by atoms with E-state index in [2.05, 4.69) is 95.7 Å². The number of carbonyl (C=O) groups excluding carboxylic acids is 19. The molecule has 147 heavy (non-hydrogen) atoms. The van der Waals surface area contributed by atoms with Crippen molar-refractivity contribution in [1.29, 1.82) is 5.41 Å². The summed E-state index contributed by atoms with van der Waals surface area (Å²) in [7, 11) is 0. The van der Waals surface area contributed by atoms with Crippen LogP contribution in [-0.2, 0) is 121 Å². The van der Waals surface area contributed by atoms with Crippen LogP contribution in [0.2, 0.25) is 0 Å². The molecule has 0 aromatic heterocycles. The molecular formula is C91H150N24O32. The molecule has 0 aliphatic rings. The van der Waals surface area contributed by atoms with E-state index in [1.807, 2.05) is 0 Å². The van der Waals surface area contributed by atoms with E-state index in [4.69, 9.17) is 34.1 Å². The summed E-state index contributed by atoms with van der Waals surface area (Å²) < 4.78 is 0. The standard InChI is InChI=1S/C91H150N24O32/c1-14-44(9)70(114-82(138)59(39-62(94)120)108-84(140)67(95)47(12)117)87(143)103-50(24-19-20-34-92)76(132)115-72(48(13)118)89(145)104-52(27-31-64(123)124)74(130)101-54(29-33-66(127)128)78(134)113-71(45(10)15-2)88(144)110-60(40-116)83(139)102-53(28-32-65(125)126)77(133)111-69(43(7)8)86(142)109-58(38-61(93)119)80(136)106-56(36-41(3)4)81(137)112-68(42(5)6)85(141)99-46(11)73(129)100-51(26-30-63(121)122)75(131)107-57(37-49-22-17-16-18-23-49)79(135)105-55(90(146)147)25-21-35-98-91(96)97/h16-18,22-23,41-48,50-60,67-72,116-118H,14-15,19-21,24-40,92,95H2,1-13H3,(H2,93,119)(H2,94,120)(H,99,141)(H,100,129)(H,101,130)(H,102,139)(H,103,143)(H,104,145)(H,105,135)(H,106,136)(H,107,131)(H,108,140)(H,109,142)(H,110,144)(H,111,133)(H,112,137)(H,113,134)(H,114,138)(H,115,132)(H,121,122)(H,123,124)(H,125,126)(H,127,128)(H,146,147)(H4,96,97,98)/t44-,45-,46-,47+,48+,50-,51-,52-,53-,54-,55-,56-,57-,58-,59-,60-,67-,68-,69-,70-,71-,72-/m0/s1. The van der Waals surface area contributed by atoms with E-state index in [0.29, 0.717) is 5.56 Å². The number of benzene rings is 1. The Hall–Kier alpha value is -14.4. The van der Waals surface area contributed by atoms with Crippen molar-refractivity contribution in [2.45, 2.75) is 333 Å². The van der Waals surface area contributed by atoms with Gasteiger partial charge in [0.1, 0.15) is 109 Å². The van der Waals surface area contributed by atoms with E-state index in [1.165, 1.54) is 62.3 Å². The third-order valence-corrected chi connectivity index (χ3v) is 23.2. The van der Waals surface area contributed by atoms with E-state index >= 15 is 0 Å². The molecule has 0 heterocycles. The van der Waals surface area contributed by atoms with Crippen LogP contribution in [0.4, 0.5) is 0 Å². The first-order chi connectivity index (χ1) is 68.6. The van der Waals surface area contributed by atoms with Crippen LogP contribution in [0.25, 0.3) is 0 Å². The number of hydrogen-bond donors (Lipinski definition) is 32. The molecule has 0 saturated heterocycles. The van der Waals surface area contributed by atoms with Crippen LogP contribution < -0.4 is 124 Å². The van der Waals surface area contributed by atoms with E-state index < -0.39 is 363 Å². The van der Waals surface area contributed by atoms with Crippen LogP contribution in [0, 0.1) is 35.0 Å². The van der Waals surface area contributed by atoms with E-state index in [-0.39, 0.29) is 76.8 Å². The van der Waals surface area contributed by atoms with Gasteiger partial charge in [-0.15, -0.1) is 0 Å². The summed E-state index contributed by atoms with van der Waals surface area (Å²) in [6.07, 6.45) is -11.7. The average molecular weight is 2090 g/mol. The van der Waals surface area contributed by atoms with Gasteiger partial charge in [-0.25, -0.2) is 4.79 Å². The number of hydrogen-bond acceptors (Lipinski definition) is 30. The van der Waals surface area contributed by atoms with Gasteiger partial charge in [0.25, 0.3) is 0 Å². The van der Waals surface area contributed by atoms with E-state index in [0.717, 1.165) is 6.92 Å². The summed E-state index contributed by atoms with van der Waals surface area (Å²) in [5, 5.41) is 130. The molecule has 0 saturated carbocycles. The lowest BCUT2D eigenvalue weighted by molar-refractivity contribution is -0.142. The average Bonchev–Trinajstić information content (AvgIpc) is 0.843. The van der Waals surface area contributed by atoms with Gasteiger partial charge in [-0.2, -0.15) is 0 Å². The second-order valence-corrected chi connectivity index (χ2v) is 36.8. The fourth-order valence-corrected chi connectivity index (χ4v) is 14.2. The zero-order valence-electron chi connectivity index (χ0n) is 84.6. The number of nitrogens with one attached hydrogen (secondary N) is 19. The van der Waals surface area contributed by atoms with Crippen molar-refractivity contribution in [3.63, 3.8) is 0 Å². The summed E-state index contributed by atoms with van der Waals surface area (Å²) in [5.74, 6) is -34.5.